The van der Waals surface area contributed by atoms with Gasteiger partial charge in [-0.3, -0.25) is 11.6 Å². The van der Waals surface area contributed by atoms with E-state index >= 15 is 0 Å². The maximum atomic E-state index is 10.8. The Bertz CT molecular complexity index is 1030. The smallest absolute Gasteiger partial charge is 0.303 e. The van der Waals surface area contributed by atoms with Crippen LogP contribution in [0.4, 0.5) is 5.82 Å². The second-order valence-electron chi connectivity index (χ2n) is 6.26. The van der Waals surface area contributed by atoms with Gasteiger partial charge >= 0.3 is 5.82 Å². The van der Waals surface area contributed by atoms with Gasteiger partial charge in [0.15, 0.2) is 0 Å². The largest absolute Gasteiger partial charge is 0.744 e. The molecule has 0 bridgehead atoms. The van der Waals surface area contributed by atoms with Crippen LogP contribution in [0, 0.1) is 20.8 Å². The van der Waals surface area contributed by atoms with Crippen LogP contribution in [-0.4, -0.2) is 13.0 Å². The molecule has 0 spiro atoms. The molecule has 7 heteroatoms. The lowest BCUT2D eigenvalue weighted by atomic mass is 10.1. The number of nitrogens with zero attached hydrogens (tertiary/aromatic N) is 1. The van der Waals surface area contributed by atoms with E-state index in [2.05, 4.69) is 0 Å². The zero-order valence-corrected chi connectivity index (χ0v) is 16.3. The fourth-order valence-corrected chi connectivity index (χ4v) is 3.87. The lowest BCUT2D eigenvalue weighted by molar-refractivity contribution is -0.623. The normalized spacial score (nSPS) is 10.8. The predicted octanol–water partition coefficient (Wildman–Crippen LogP) is 2.45. The van der Waals surface area contributed by atoms with Crippen molar-refractivity contribution in [3.63, 3.8) is 0 Å². The highest BCUT2D eigenvalue weighted by Gasteiger charge is 2.10. The van der Waals surface area contributed by atoms with Crippen LogP contribution in [-0.2, 0) is 10.1 Å². The van der Waals surface area contributed by atoms with Crippen molar-refractivity contribution in [2.75, 3.05) is 11.6 Å². The molecular formula is C20H23N3O3S. The molecule has 1 heterocycles. The fraction of sp³-hybridized carbons (Fsp3) is 0.150. The van der Waals surface area contributed by atoms with Crippen LogP contribution in [0.25, 0.3) is 11.1 Å². The van der Waals surface area contributed by atoms with Crippen molar-refractivity contribution in [1.29, 1.82) is 0 Å². The average molecular weight is 385 g/mol. The molecular weight excluding hydrogens is 362 g/mol. The van der Waals surface area contributed by atoms with E-state index in [0.29, 0.717) is 16.9 Å². The minimum atomic E-state index is -4.33. The molecule has 0 aliphatic rings. The zero-order valence-electron chi connectivity index (χ0n) is 15.5. The maximum Gasteiger partial charge on any atom is 0.303 e. The highest BCUT2D eigenvalue weighted by Crippen LogP contribution is 2.22. The Morgan fingerprint density at radius 1 is 0.926 bits per heavy atom. The molecule has 3 rings (SSSR count). The Kier molecular flexibility index (Phi) is 6.20. The monoisotopic (exact) mass is 385 g/mol. The molecule has 0 radical (unpaired) electrons. The first kappa shape index (κ1) is 20.4. The summed E-state index contributed by atoms with van der Waals surface area (Å²) < 4.78 is 33.9. The molecule has 0 aliphatic heterocycles. The summed E-state index contributed by atoms with van der Waals surface area (Å²) in [5, 5.41) is 0. The Morgan fingerprint density at radius 3 is 2.00 bits per heavy atom. The van der Waals surface area contributed by atoms with Gasteiger partial charge in [0.2, 0.25) is 0 Å². The van der Waals surface area contributed by atoms with Crippen molar-refractivity contribution >= 4 is 15.9 Å². The third-order valence-corrected chi connectivity index (χ3v) is 5.15. The number of hydrogen-bond donors (Lipinski definition) is 2. The Morgan fingerprint density at radius 2 is 1.48 bits per heavy atom. The number of nitrogens with two attached hydrogens (primary N) is 2. The molecule has 0 fully saturated rings. The summed E-state index contributed by atoms with van der Waals surface area (Å²) >= 11 is 0. The standard InChI is InChI=1S/C11H11N3.C9H12O3S/c12-11-10(7-4-8-14(11)13)9-5-2-1-3-6-9;1-6-4-7(2)9(8(3)5-6)13(10,11)12/h1-8,12H,13H2;4-5H,1-3H3,(H,10,11,12). The minimum Gasteiger partial charge on any atom is -0.744 e. The van der Waals surface area contributed by atoms with Gasteiger partial charge in [0.1, 0.15) is 16.3 Å². The molecule has 4 N–H and O–H groups in total. The first-order chi connectivity index (χ1) is 12.6. The molecule has 0 amide bonds. The Labute approximate surface area is 159 Å². The average Bonchev–Trinajstić information content (AvgIpc) is 2.56. The van der Waals surface area contributed by atoms with Crippen molar-refractivity contribution in [3.8, 4) is 11.1 Å². The van der Waals surface area contributed by atoms with E-state index in [0.717, 1.165) is 16.7 Å². The van der Waals surface area contributed by atoms with Gasteiger partial charge in [0.05, 0.1) is 10.5 Å². The number of aryl methyl sites for hydroxylation is 3. The maximum absolute atomic E-state index is 10.8. The van der Waals surface area contributed by atoms with Gasteiger partial charge in [-0.15, -0.1) is 4.68 Å². The number of anilines is 1. The zero-order chi connectivity index (χ0) is 20.2. The highest BCUT2D eigenvalue weighted by molar-refractivity contribution is 7.85. The molecule has 6 nitrogen and oxygen atoms in total. The van der Waals surface area contributed by atoms with Crippen molar-refractivity contribution in [2.45, 2.75) is 25.7 Å². The molecule has 1 aromatic heterocycles. The van der Waals surface area contributed by atoms with Crippen molar-refractivity contribution in [2.24, 2.45) is 0 Å². The summed E-state index contributed by atoms with van der Waals surface area (Å²) in [6, 6.07) is 17.1. The summed E-state index contributed by atoms with van der Waals surface area (Å²) in [5.41, 5.74) is 9.88. The van der Waals surface area contributed by atoms with Gasteiger partial charge in [0.25, 0.3) is 0 Å². The van der Waals surface area contributed by atoms with Gasteiger partial charge in [-0.25, -0.2) is 8.42 Å². The Balaban J connectivity index is 0.000000194. The van der Waals surface area contributed by atoms with Gasteiger partial charge in [0, 0.05) is 0 Å². The van der Waals surface area contributed by atoms with Crippen LogP contribution >= 0.6 is 0 Å². The lowest BCUT2D eigenvalue weighted by Gasteiger charge is -2.14. The Hall–Kier alpha value is -2.90. The van der Waals surface area contributed by atoms with Gasteiger partial charge in [-0.1, -0.05) is 48.0 Å². The lowest BCUT2D eigenvalue weighted by Crippen LogP contribution is -2.46. The van der Waals surface area contributed by atoms with Crippen LogP contribution < -0.4 is 16.3 Å². The molecule has 2 aromatic carbocycles. The van der Waals surface area contributed by atoms with E-state index in [1.807, 2.05) is 49.4 Å². The van der Waals surface area contributed by atoms with Crippen molar-refractivity contribution < 1.29 is 17.6 Å². The predicted molar refractivity (Wildman–Crippen MR) is 105 cm³/mol. The van der Waals surface area contributed by atoms with E-state index in [9.17, 15) is 13.0 Å². The molecule has 3 aromatic rings. The summed E-state index contributed by atoms with van der Waals surface area (Å²) in [5.74, 6) is 6.22. The van der Waals surface area contributed by atoms with E-state index in [-0.39, 0.29) is 4.90 Å². The van der Waals surface area contributed by atoms with Crippen molar-refractivity contribution in [3.05, 3.63) is 77.5 Å². The number of benzene rings is 2. The second-order valence-corrected chi connectivity index (χ2v) is 7.58. The topological polar surface area (TPSA) is 113 Å². The third kappa shape index (κ3) is 5.06. The summed E-state index contributed by atoms with van der Waals surface area (Å²) in [7, 11) is -4.33. The summed E-state index contributed by atoms with van der Waals surface area (Å²) in [6.45, 7) is 5.12. The van der Waals surface area contributed by atoms with Crippen LogP contribution in [0.5, 0.6) is 0 Å². The summed E-state index contributed by atoms with van der Waals surface area (Å²) in [4.78, 5) is -0.0851. The minimum absolute atomic E-state index is 0.0851. The molecule has 142 valence electrons. The van der Waals surface area contributed by atoms with E-state index < -0.39 is 10.1 Å². The fourth-order valence-electron chi connectivity index (χ4n) is 2.96. The molecule has 0 atom stereocenters. The number of nitrogen functional groups attached to an aromatic ring is 2. The van der Waals surface area contributed by atoms with Crippen LogP contribution in [0.1, 0.15) is 16.7 Å². The van der Waals surface area contributed by atoms with Crippen LogP contribution in [0.3, 0.4) is 0 Å². The number of aromatic nitrogens is 1. The quantitative estimate of drug-likeness (QED) is 0.400. The van der Waals surface area contributed by atoms with Gasteiger partial charge in [-0.05, 0) is 49.6 Å². The molecule has 0 saturated heterocycles. The third-order valence-electron chi connectivity index (χ3n) is 4.00. The summed E-state index contributed by atoms with van der Waals surface area (Å²) in [6.07, 6.45) is 1.72. The number of pyridine rings is 1. The molecule has 0 unspecified atom stereocenters. The molecule has 0 aliphatic carbocycles. The first-order valence-electron chi connectivity index (χ1n) is 8.25. The van der Waals surface area contributed by atoms with Gasteiger partial charge in [-0.2, -0.15) is 0 Å². The number of hydrogen-bond acceptors (Lipinski definition) is 5. The molecule has 0 saturated carbocycles. The van der Waals surface area contributed by atoms with Crippen LogP contribution in [0.2, 0.25) is 0 Å². The van der Waals surface area contributed by atoms with E-state index in [1.54, 1.807) is 32.2 Å². The van der Waals surface area contributed by atoms with Crippen LogP contribution in [0.15, 0.2) is 65.7 Å². The van der Waals surface area contributed by atoms with Gasteiger partial charge < -0.3 is 4.55 Å². The van der Waals surface area contributed by atoms with E-state index in [1.165, 1.54) is 4.68 Å². The second kappa shape index (κ2) is 8.20. The van der Waals surface area contributed by atoms with E-state index in [4.69, 9.17) is 11.6 Å². The molecule has 27 heavy (non-hydrogen) atoms. The number of rotatable bonds is 2. The first-order valence-corrected chi connectivity index (χ1v) is 9.66. The SMILES string of the molecule is Cc1cc(C)c(S(=O)(=O)[O-])c(C)c1.Nc1c(-c2ccccc2)ccc[n+]1N. The van der Waals surface area contributed by atoms with Crippen molar-refractivity contribution in [1.82, 2.24) is 0 Å². The highest BCUT2D eigenvalue weighted by atomic mass is 32.2.